The molecular formula is C6H7N3O3. The van der Waals surface area contributed by atoms with Gasteiger partial charge in [-0.05, 0) is 4.92 Å². The molecule has 1 aromatic heterocycles. The third kappa shape index (κ3) is 1.28. The van der Waals surface area contributed by atoms with Gasteiger partial charge < -0.3 is 14.9 Å². The summed E-state index contributed by atoms with van der Waals surface area (Å²) in [7, 11) is 0. The van der Waals surface area contributed by atoms with Crippen molar-refractivity contribution in [2.75, 3.05) is 6.61 Å². The fraction of sp³-hybridized carbons (Fsp3) is 0.500. The van der Waals surface area contributed by atoms with Gasteiger partial charge in [0, 0.05) is 6.42 Å². The SMILES string of the molecule is O=[N+]([O-])c1[nH]ncc1CC1CO1. The molecule has 64 valence electrons. The van der Waals surface area contributed by atoms with E-state index < -0.39 is 4.92 Å². The fourth-order valence-electron chi connectivity index (χ4n) is 1.04. The number of aromatic nitrogens is 2. The zero-order valence-corrected chi connectivity index (χ0v) is 6.19. The van der Waals surface area contributed by atoms with Gasteiger partial charge in [-0.1, -0.05) is 5.10 Å². The zero-order chi connectivity index (χ0) is 8.55. The summed E-state index contributed by atoms with van der Waals surface area (Å²) in [5.74, 6) is -0.0227. The minimum Gasteiger partial charge on any atom is -0.373 e. The van der Waals surface area contributed by atoms with Crippen molar-refractivity contribution in [1.82, 2.24) is 10.2 Å². The highest BCUT2D eigenvalue weighted by Gasteiger charge is 2.27. The molecule has 6 heteroatoms. The van der Waals surface area contributed by atoms with E-state index in [9.17, 15) is 10.1 Å². The number of H-pyrrole nitrogens is 1. The van der Waals surface area contributed by atoms with Gasteiger partial charge >= 0.3 is 5.82 Å². The molecule has 0 amide bonds. The minimum absolute atomic E-state index is 0.0227. The standard InChI is InChI=1S/C6H7N3O3/c10-9(11)6-4(2-7-8-6)1-5-3-12-5/h2,5H,1,3H2,(H,7,8). The largest absolute Gasteiger partial charge is 0.373 e. The van der Waals surface area contributed by atoms with Crippen LogP contribution in [0.15, 0.2) is 6.20 Å². The maximum absolute atomic E-state index is 10.4. The fourth-order valence-corrected chi connectivity index (χ4v) is 1.04. The summed E-state index contributed by atoms with van der Waals surface area (Å²) in [6.07, 6.45) is 2.20. The molecule has 1 aromatic rings. The van der Waals surface area contributed by atoms with Crippen LogP contribution in [0, 0.1) is 10.1 Å². The maximum Gasteiger partial charge on any atom is 0.345 e. The van der Waals surface area contributed by atoms with Crippen molar-refractivity contribution in [3.05, 3.63) is 21.9 Å². The van der Waals surface area contributed by atoms with Gasteiger partial charge in [-0.3, -0.25) is 0 Å². The van der Waals surface area contributed by atoms with Crippen LogP contribution in [0.1, 0.15) is 5.56 Å². The first-order chi connectivity index (χ1) is 5.77. The van der Waals surface area contributed by atoms with Crippen molar-refractivity contribution in [1.29, 1.82) is 0 Å². The van der Waals surface area contributed by atoms with Crippen LogP contribution in [0.5, 0.6) is 0 Å². The maximum atomic E-state index is 10.4. The highest BCUT2D eigenvalue weighted by Crippen LogP contribution is 2.21. The molecule has 1 unspecified atom stereocenters. The molecule has 0 saturated carbocycles. The number of hydrogen-bond donors (Lipinski definition) is 1. The Morgan fingerprint density at radius 3 is 3.25 bits per heavy atom. The number of nitrogens with one attached hydrogen (secondary N) is 1. The number of nitro groups is 1. The Balaban J connectivity index is 2.17. The summed E-state index contributed by atoms with van der Waals surface area (Å²) in [6, 6.07) is 0. The van der Waals surface area contributed by atoms with Crippen LogP contribution in [-0.2, 0) is 11.2 Å². The molecule has 2 heterocycles. The number of rotatable bonds is 3. The summed E-state index contributed by atoms with van der Waals surface area (Å²) in [4.78, 5) is 9.91. The molecule has 1 N–H and O–H groups in total. The van der Waals surface area contributed by atoms with E-state index in [1.807, 2.05) is 0 Å². The van der Waals surface area contributed by atoms with Crippen molar-refractivity contribution in [2.45, 2.75) is 12.5 Å². The average molecular weight is 169 g/mol. The predicted molar refractivity (Wildman–Crippen MR) is 38.7 cm³/mol. The molecule has 0 radical (unpaired) electrons. The molecule has 1 aliphatic heterocycles. The van der Waals surface area contributed by atoms with Crippen LogP contribution in [0.4, 0.5) is 5.82 Å². The van der Waals surface area contributed by atoms with Gasteiger partial charge in [-0.2, -0.15) is 0 Å². The lowest BCUT2D eigenvalue weighted by molar-refractivity contribution is -0.390. The highest BCUT2D eigenvalue weighted by atomic mass is 16.6. The van der Waals surface area contributed by atoms with Crippen molar-refractivity contribution in [2.24, 2.45) is 0 Å². The van der Waals surface area contributed by atoms with Gasteiger partial charge in [0.25, 0.3) is 0 Å². The second-order valence-electron chi connectivity index (χ2n) is 2.66. The van der Waals surface area contributed by atoms with E-state index in [0.29, 0.717) is 18.6 Å². The third-order valence-corrected chi connectivity index (χ3v) is 1.73. The van der Waals surface area contributed by atoms with E-state index in [4.69, 9.17) is 4.74 Å². The van der Waals surface area contributed by atoms with Crippen LogP contribution >= 0.6 is 0 Å². The molecule has 12 heavy (non-hydrogen) atoms. The summed E-state index contributed by atoms with van der Waals surface area (Å²) in [5, 5.41) is 16.3. The number of nitrogens with zero attached hydrogens (tertiary/aromatic N) is 2. The summed E-state index contributed by atoms with van der Waals surface area (Å²) in [5.41, 5.74) is 0.613. The first kappa shape index (κ1) is 7.23. The summed E-state index contributed by atoms with van der Waals surface area (Å²) in [6.45, 7) is 0.697. The van der Waals surface area contributed by atoms with Crippen molar-refractivity contribution in [3.63, 3.8) is 0 Å². The second kappa shape index (κ2) is 2.56. The van der Waals surface area contributed by atoms with Crippen LogP contribution in [0.2, 0.25) is 0 Å². The second-order valence-corrected chi connectivity index (χ2v) is 2.66. The van der Waals surface area contributed by atoms with Gasteiger partial charge in [0.2, 0.25) is 0 Å². The lowest BCUT2D eigenvalue weighted by atomic mass is 10.2. The molecule has 2 rings (SSSR count). The highest BCUT2D eigenvalue weighted by molar-refractivity contribution is 5.30. The zero-order valence-electron chi connectivity index (χ0n) is 6.19. The van der Waals surface area contributed by atoms with Crippen LogP contribution in [0.25, 0.3) is 0 Å². The molecule has 0 bridgehead atoms. The van der Waals surface area contributed by atoms with Gasteiger partial charge in [0.1, 0.15) is 0 Å². The predicted octanol–water partition coefficient (Wildman–Crippen LogP) is 0.259. The minimum atomic E-state index is -0.468. The summed E-state index contributed by atoms with van der Waals surface area (Å²) < 4.78 is 4.95. The van der Waals surface area contributed by atoms with Gasteiger partial charge in [-0.15, -0.1) is 5.10 Å². The van der Waals surface area contributed by atoms with Gasteiger partial charge in [-0.25, -0.2) is 0 Å². The molecule has 0 aromatic carbocycles. The molecule has 6 nitrogen and oxygen atoms in total. The molecule has 1 fully saturated rings. The van der Waals surface area contributed by atoms with E-state index in [0.717, 1.165) is 0 Å². The Morgan fingerprint density at radius 2 is 2.67 bits per heavy atom. The lowest BCUT2D eigenvalue weighted by Crippen LogP contribution is -1.97. The first-order valence-electron chi connectivity index (χ1n) is 3.55. The molecule has 1 atom stereocenters. The van der Waals surface area contributed by atoms with E-state index in [-0.39, 0.29) is 11.9 Å². The first-order valence-corrected chi connectivity index (χ1v) is 3.55. The lowest BCUT2D eigenvalue weighted by Gasteiger charge is -1.92. The normalized spacial score (nSPS) is 20.8. The molecule has 1 aliphatic rings. The Bertz CT molecular complexity index is 305. The van der Waals surface area contributed by atoms with Crippen LogP contribution in [0.3, 0.4) is 0 Å². The quantitative estimate of drug-likeness (QED) is 0.399. The Morgan fingerprint density at radius 1 is 1.92 bits per heavy atom. The number of ether oxygens (including phenoxy) is 1. The van der Waals surface area contributed by atoms with Crippen molar-refractivity contribution >= 4 is 5.82 Å². The van der Waals surface area contributed by atoms with Crippen LogP contribution in [-0.4, -0.2) is 27.8 Å². The topological polar surface area (TPSA) is 84.3 Å². The molecule has 0 aliphatic carbocycles. The Labute approximate surface area is 67.7 Å². The Hall–Kier alpha value is -1.43. The molecule has 1 saturated heterocycles. The number of epoxide rings is 1. The van der Waals surface area contributed by atoms with Crippen molar-refractivity contribution < 1.29 is 9.66 Å². The third-order valence-electron chi connectivity index (χ3n) is 1.73. The van der Waals surface area contributed by atoms with Gasteiger partial charge in [0.15, 0.2) is 0 Å². The molecule has 0 spiro atoms. The Kier molecular flexibility index (Phi) is 1.54. The average Bonchev–Trinajstić information content (AvgIpc) is 2.66. The summed E-state index contributed by atoms with van der Waals surface area (Å²) >= 11 is 0. The molecular weight excluding hydrogens is 162 g/mol. The monoisotopic (exact) mass is 169 g/mol. The van der Waals surface area contributed by atoms with E-state index in [2.05, 4.69) is 10.2 Å². The van der Waals surface area contributed by atoms with E-state index in [1.165, 1.54) is 6.20 Å². The van der Waals surface area contributed by atoms with E-state index in [1.54, 1.807) is 0 Å². The number of hydrogen-bond acceptors (Lipinski definition) is 4. The van der Waals surface area contributed by atoms with E-state index >= 15 is 0 Å². The van der Waals surface area contributed by atoms with Crippen molar-refractivity contribution in [3.8, 4) is 0 Å². The van der Waals surface area contributed by atoms with Gasteiger partial charge in [0.05, 0.1) is 24.5 Å². The number of aromatic amines is 1. The van der Waals surface area contributed by atoms with Crippen LogP contribution < -0.4 is 0 Å². The smallest absolute Gasteiger partial charge is 0.345 e.